The van der Waals surface area contributed by atoms with E-state index in [1.165, 1.54) is 28.6 Å². The van der Waals surface area contributed by atoms with Gasteiger partial charge in [-0.1, -0.05) is 6.92 Å². The third kappa shape index (κ3) is 5.22. The van der Waals surface area contributed by atoms with Crippen LogP contribution in [-0.2, 0) is 24.8 Å². The average molecular weight is 392 g/mol. The normalized spacial score (nSPS) is 18.2. The number of benzene rings is 1. The monoisotopic (exact) mass is 391 g/mol. The highest BCUT2D eigenvalue weighted by molar-refractivity contribution is 7.89. The summed E-state index contributed by atoms with van der Waals surface area (Å²) in [6.45, 7) is 6.14. The zero-order valence-corrected chi connectivity index (χ0v) is 16.1. The lowest BCUT2D eigenvalue weighted by molar-refractivity contribution is 0.0730. The third-order valence-corrected chi connectivity index (χ3v) is 7.23. The van der Waals surface area contributed by atoms with Crippen molar-refractivity contribution in [2.45, 2.75) is 29.7 Å². The van der Waals surface area contributed by atoms with Gasteiger partial charge in [0.15, 0.2) is 0 Å². The van der Waals surface area contributed by atoms with E-state index < -0.39 is 20.0 Å². The summed E-state index contributed by atoms with van der Waals surface area (Å²) >= 11 is 0. The molecular weight excluding hydrogens is 366 g/mol. The van der Waals surface area contributed by atoms with Crippen molar-refractivity contribution in [1.82, 2.24) is 14.3 Å². The number of ether oxygens (including phenoxy) is 1. The van der Waals surface area contributed by atoms with Crippen LogP contribution in [0.15, 0.2) is 34.1 Å². The first kappa shape index (κ1) is 20.3. The number of likely N-dealkylation sites (N-methyl/N-ethyl adjacent to an activating group) is 1. The molecule has 1 atom stereocenters. The van der Waals surface area contributed by atoms with Crippen LogP contribution >= 0.6 is 0 Å². The lowest BCUT2D eigenvalue weighted by Gasteiger charge is -2.26. The van der Waals surface area contributed by atoms with Crippen LogP contribution in [0, 0.1) is 0 Å². The fraction of sp³-hybridized carbons (Fsp3) is 0.600. The Morgan fingerprint density at radius 3 is 2.20 bits per heavy atom. The van der Waals surface area contributed by atoms with E-state index >= 15 is 0 Å². The van der Waals surface area contributed by atoms with Gasteiger partial charge in [-0.3, -0.25) is 0 Å². The molecular formula is C15H25N3O5S2. The predicted molar refractivity (Wildman–Crippen MR) is 94.3 cm³/mol. The van der Waals surface area contributed by atoms with Gasteiger partial charge in [0.25, 0.3) is 0 Å². The molecule has 0 aromatic heterocycles. The van der Waals surface area contributed by atoms with Gasteiger partial charge < -0.3 is 10.1 Å². The van der Waals surface area contributed by atoms with Crippen molar-refractivity contribution in [3.8, 4) is 0 Å². The smallest absolute Gasteiger partial charge is 0.243 e. The van der Waals surface area contributed by atoms with Crippen LogP contribution in [0.2, 0.25) is 0 Å². The first-order valence-corrected chi connectivity index (χ1v) is 11.1. The summed E-state index contributed by atoms with van der Waals surface area (Å²) in [6.07, 6.45) is 0. The number of sulfonamides is 2. The van der Waals surface area contributed by atoms with Crippen LogP contribution in [0.25, 0.3) is 0 Å². The SMILES string of the molecule is CCN[C@H](C)CNS(=O)(=O)c1ccc(S(=O)(=O)N2CCOCC2)cc1. The molecule has 8 nitrogen and oxygen atoms in total. The molecule has 1 aromatic carbocycles. The van der Waals surface area contributed by atoms with E-state index in [-0.39, 0.29) is 22.4 Å². The van der Waals surface area contributed by atoms with E-state index in [0.717, 1.165) is 6.54 Å². The number of nitrogens with one attached hydrogen (secondary N) is 2. The van der Waals surface area contributed by atoms with Gasteiger partial charge >= 0.3 is 0 Å². The van der Waals surface area contributed by atoms with Crippen molar-refractivity contribution in [3.05, 3.63) is 24.3 Å². The molecule has 1 aliphatic rings. The molecule has 1 saturated heterocycles. The fourth-order valence-electron chi connectivity index (χ4n) is 2.47. The molecule has 1 heterocycles. The maximum Gasteiger partial charge on any atom is 0.243 e. The quantitative estimate of drug-likeness (QED) is 0.646. The average Bonchev–Trinajstić information content (AvgIpc) is 2.61. The maximum absolute atomic E-state index is 12.5. The number of nitrogens with zero attached hydrogens (tertiary/aromatic N) is 1. The van der Waals surface area contributed by atoms with Crippen LogP contribution in [0.4, 0.5) is 0 Å². The summed E-state index contributed by atoms with van der Waals surface area (Å²) in [5.74, 6) is 0. The Kier molecular flexibility index (Phi) is 6.94. The third-order valence-electron chi connectivity index (χ3n) is 3.87. The molecule has 0 unspecified atom stereocenters. The van der Waals surface area contributed by atoms with E-state index in [2.05, 4.69) is 10.0 Å². The highest BCUT2D eigenvalue weighted by Crippen LogP contribution is 2.19. The molecule has 0 spiro atoms. The zero-order chi connectivity index (χ0) is 18.5. The topological polar surface area (TPSA) is 105 Å². The standard InChI is InChI=1S/C15H25N3O5S2/c1-3-16-13(2)12-17-24(19,20)14-4-6-15(7-5-14)25(21,22)18-8-10-23-11-9-18/h4-7,13,16-17H,3,8-12H2,1-2H3/t13-/m1/s1. The van der Waals surface area contributed by atoms with Crippen molar-refractivity contribution in [2.24, 2.45) is 0 Å². The highest BCUT2D eigenvalue weighted by Gasteiger charge is 2.26. The Bertz CT molecular complexity index is 757. The van der Waals surface area contributed by atoms with Gasteiger partial charge in [0.1, 0.15) is 0 Å². The number of morpholine rings is 1. The van der Waals surface area contributed by atoms with E-state index in [1.54, 1.807) is 0 Å². The summed E-state index contributed by atoms with van der Waals surface area (Å²) in [6, 6.07) is 5.28. The summed E-state index contributed by atoms with van der Waals surface area (Å²) < 4.78 is 58.7. The molecule has 0 saturated carbocycles. The Morgan fingerprint density at radius 1 is 1.08 bits per heavy atom. The van der Waals surface area contributed by atoms with Gasteiger partial charge in [0.2, 0.25) is 20.0 Å². The van der Waals surface area contributed by atoms with Crippen LogP contribution in [0.3, 0.4) is 0 Å². The largest absolute Gasteiger partial charge is 0.379 e. The van der Waals surface area contributed by atoms with Gasteiger partial charge in [-0.2, -0.15) is 4.31 Å². The van der Waals surface area contributed by atoms with Crippen molar-refractivity contribution < 1.29 is 21.6 Å². The van der Waals surface area contributed by atoms with E-state index in [4.69, 9.17) is 4.74 Å². The predicted octanol–water partition coefficient (Wildman–Crippen LogP) is -0.0162. The van der Waals surface area contributed by atoms with Crippen LogP contribution in [0.5, 0.6) is 0 Å². The molecule has 25 heavy (non-hydrogen) atoms. The van der Waals surface area contributed by atoms with Gasteiger partial charge in [-0.15, -0.1) is 0 Å². The molecule has 1 aliphatic heterocycles. The van der Waals surface area contributed by atoms with Gasteiger partial charge in [0, 0.05) is 25.7 Å². The molecule has 0 bridgehead atoms. The number of rotatable bonds is 8. The van der Waals surface area contributed by atoms with Gasteiger partial charge in [-0.05, 0) is 37.7 Å². The number of hydrogen-bond donors (Lipinski definition) is 2. The Balaban J connectivity index is 2.10. The first-order chi connectivity index (χ1) is 11.8. The van der Waals surface area contributed by atoms with Crippen molar-refractivity contribution in [1.29, 1.82) is 0 Å². The van der Waals surface area contributed by atoms with Gasteiger partial charge in [0.05, 0.1) is 23.0 Å². The summed E-state index contributed by atoms with van der Waals surface area (Å²) in [5, 5.41) is 3.11. The minimum Gasteiger partial charge on any atom is -0.379 e. The van der Waals surface area contributed by atoms with Crippen molar-refractivity contribution >= 4 is 20.0 Å². The second kappa shape index (κ2) is 8.56. The van der Waals surface area contributed by atoms with Crippen molar-refractivity contribution in [3.63, 3.8) is 0 Å². The Morgan fingerprint density at radius 2 is 1.64 bits per heavy atom. The second-order valence-electron chi connectivity index (χ2n) is 5.80. The summed E-state index contributed by atoms with van der Waals surface area (Å²) in [7, 11) is -7.31. The lowest BCUT2D eigenvalue weighted by atomic mass is 10.3. The lowest BCUT2D eigenvalue weighted by Crippen LogP contribution is -2.40. The maximum atomic E-state index is 12.5. The Labute approximate surface area is 149 Å². The fourth-order valence-corrected chi connectivity index (χ4v) is 5.00. The molecule has 0 radical (unpaired) electrons. The molecule has 10 heteroatoms. The van der Waals surface area contributed by atoms with Crippen LogP contribution < -0.4 is 10.0 Å². The number of hydrogen-bond acceptors (Lipinski definition) is 6. The summed E-state index contributed by atoms with van der Waals surface area (Å²) in [4.78, 5) is 0.117. The molecule has 0 amide bonds. The van der Waals surface area contributed by atoms with Crippen molar-refractivity contribution in [2.75, 3.05) is 39.4 Å². The van der Waals surface area contributed by atoms with E-state index in [0.29, 0.717) is 26.3 Å². The summed E-state index contributed by atoms with van der Waals surface area (Å²) in [5.41, 5.74) is 0. The van der Waals surface area contributed by atoms with Crippen LogP contribution in [0.1, 0.15) is 13.8 Å². The van der Waals surface area contributed by atoms with E-state index in [9.17, 15) is 16.8 Å². The minimum absolute atomic E-state index is 0.000691. The highest BCUT2D eigenvalue weighted by atomic mass is 32.2. The molecule has 142 valence electrons. The molecule has 1 fully saturated rings. The molecule has 2 N–H and O–H groups in total. The second-order valence-corrected chi connectivity index (χ2v) is 9.50. The Hall–Kier alpha value is -1.04. The molecule has 0 aliphatic carbocycles. The van der Waals surface area contributed by atoms with Gasteiger partial charge in [-0.25, -0.2) is 21.6 Å². The molecule has 1 aromatic rings. The van der Waals surface area contributed by atoms with E-state index in [1.807, 2.05) is 13.8 Å². The van der Waals surface area contributed by atoms with Crippen LogP contribution in [-0.4, -0.2) is 66.6 Å². The minimum atomic E-state index is -3.68. The zero-order valence-electron chi connectivity index (χ0n) is 14.4. The molecule has 2 rings (SSSR count). The first-order valence-electron chi connectivity index (χ1n) is 8.18.